The van der Waals surface area contributed by atoms with Gasteiger partial charge >= 0.3 is 0 Å². The molecule has 82 valence electrons. The molecule has 16 heavy (non-hydrogen) atoms. The minimum atomic E-state index is -0.0203. The molecule has 1 saturated heterocycles. The molecule has 1 N–H and O–H groups in total. The van der Waals surface area contributed by atoms with Crippen molar-refractivity contribution in [3.8, 4) is 0 Å². The lowest BCUT2D eigenvalue weighted by Gasteiger charge is -2.08. The maximum Gasteiger partial charge on any atom is 0.258 e. The number of aromatic amines is 1. The lowest BCUT2D eigenvalue weighted by Crippen LogP contribution is -2.12. The quantitative estimate of drug-likeness (QED) is 0.821. The largest absolute Gasteiger partial charge is 0.309 e. The summed E-state index contributed by atoms with van der Waals surface area (Å²) in [5.74, 6) is 2.01. The van der Waals surface area contributed by atoms with Gasteiger partial charge in [-0.15, -0.1) is 0 Å². The average Bonchev–Trinajstić information content (AvgIpc) is 2.82. The zero-order chi connectivity index (χ0) is 11.0. The van der Waals surface area contributed by atoms with E-state index >= 15 is 0 Å². The molecule has 1 fully saturated rings. The van der Waals surface area contributed by atoms with E-state index in [4.69, 9.17) is 0 Å². The second kappa shape index (κ2) is 3.94. The zero-order valence-corrected chi connectivity index (χ0v) is 9.59. The number of fused-ring (bicyclic) bond motifs is 1. The van der Waals surface area contributed by atoms with Crippen LogP contribution in [0.15, 0.2) is 29.1 Å². The van der Waals surface area contributed by atoms with Crippen molar-refractivity contribution in [3.63, 3.8) is 0 Å². The molecule has 1 aliphatic rings. The highest BCUT2D eigenvalue weighted by molar-refractivity contribution is 7.99. The summed E-state index contributed by atoms with van der Waals surface area (Å²) in [7, 11) is 0. The highest BCUT2D eigenvalue weighted by Crippen LogP contribution is 2.37. The third-order valence-corrected chi connectivity index (χ3v) is 4.25. The Morgan fingerprint density at radius 2 is 2.25 bits per heavy atom. The molecule has 1 atom stereocenters. The number of thioether (sulfide) groups is 1. The molecule has 4 heteroatoms. The number of hydrogen-bond donors (Lipinski definition) is 1. The van der Waals surface area contributed by atoms with Crippen LogP contribution in [0.3, 0.4) is 0 Å². The maximum atomic E-state index is 11.9. The van der Waals surface area contributed by atoms with Crippen LogP contribution in [-0.4, -0.2) is 15.7 Å². The highest BCUT2D eigenvalue weighted by atomic mass is 32.2. The first-order valence-electron chi connectivity index (χ1n) is 5.45. The molecule has 0 saturated carbocycles. The number of H-pyrrole nitrogens is 1. The number of rotatable bonds is 1. The molecular weight excluding hydrogens is 220 g/mol. The van der Waals surface area contributed by atoms with E-state index in [2.05, 4.69) is 9.97 Å². The van der Waals surface area contributed by atoms with Crippen LogP contribution in [0.5, 0.6) is 0 Å². The predicted molar refractivity (Wildman–Crippen MR) is 66.8 cm³/mol. The Labute approximate surface area is 97.3 Å². The number of nitrogens with zero attached hydrogens (tertiary/aromatic N) is 1. The molecule has 0 bridgehead atoms. The third-order valence-electron chi connectivity index (χ3n) is 2.87. The van der Waals surface area contributed by atoms with E-state index in [9.17, 15) is 4.79 Å². The molecule has 1 aliphatic heterocycles. The molecule has 2 heterocycles. The van der Waals surface area contributed by atoms with E-state index in [1.807, 2.05) is 36.0 Å². The lowest BCUT2D eigenvalue weighted by molar-refractivity contribution is 0.778. The van der Waals surface area contributed by atoms with Crippen LogP contribution < -0.4 is 5.56 Å². The van der Waals surface area contributed by atoms with E-state index in [0.29, 0.717) is 10.6 Å². The summed E-state index contributed by atoms with van der Waals surface area (Å²) in [6, 6.07) is 7.49. The molecule has 1 unspecified atom stereocenters. The van der Waals surface area contributed by atoms with Crippen molar-refractivity contribution >= 4 is 22.7 Å². The van der Waals surface area contributed by atoms with Crippen molar-refractivity contribution < 1.29 is 0 Å². The zero-order valence-electron chi connectivity index (χ0n) is 8.77. The fourth-order valence-electron chi connectivity index (χ4n) is 2.05. The highest BCUT2D eigenvalue weighted by Gasteiger charge is 2.20. The second-order valence-electron chi connectivity index (χ2n) is 3.97. The molecule has 0 amide bonds. The van der Waals surface area contributed by atoms with Gasteiger partial charge in [0, 0.05) is 0 Å². The molecular formula is C12H12N2OS. The minimum Gasteiger partial charge on any atom is -0.309 e. The van der Waals surface area contributed by atoms with Crippen LogP contribution in [0, 0.1) is 0 Å². The summed E-state index contributed by atoms with van der Waals surface area (Å²) < 4.78 is 0. The van der Waals surface area contributed by atoms with E-state index < -0.39 is 0 Å². The third kappa shape index (κ3) is 1.63. The van der Waals surface area contributed by atoms with Crippen molar-refractivity contribution in [1.82, 2.24) is 9.97 Å². The van der Waals surface area contributed by atoms with E-state index in [1.165, 1.54) is 12.2 Å². The van der Waals surface area contributed by atoms with Gasteiger partial charge in [0.15, 0.2) is 0 Å². The van der Waals surface area contributed by atoms with E-state index in [-0.39, 0.29) is 5.56 Å². The topological polar surface area (TPSA) is 45.8 Å². The maximum absolute atomic E-state index is 11.9. The number of nitrogens with one attached hydrogen (secondary N) is 1. The van der Waals surface area contributed by atoms with Crippen molar-refractivity contribution in [1.29, 1.82) is 0 Å². The molecule has 0 radical (unpaired) electrons. The van der Waals surface area contributed by atoms with E-state index in [0.717, 1.165) is 17.8 Å². The predicted octanol–water partition coefficient (Wildman–Crippen LogP) is 2.49. The van der Waals surface area contributed by atoms with Gasteiger partial charge < -0.3 is 4.98 Å². The van der Waals surface area contributed by atoms with Gasteiger partial charge in [-0.25, -0.2) is 4.98 Å². The fraction of sp³-hybridized carbons (Fsp3) is 0.333. The first-order chi connectivity index (χ1) is 7.84. The van der Waals surface area contributed by atoms with Gasteiger partial charge in [0.05, 0.1) is 16.2 Å². The number of aromatic nitrogens is 2. The smallest absolute Gasteiger partial charge is 0.258 e. The van der Waals surface area contributed by atoms with Crippen LogP contribution in [0.4, 0.5) is 0 Å². The van der Waals surface area contributed by atoms with Crippen LogP contribution in [0.2, 0.25) is 0 Å². The SMILES string of the molecule is O=c1[nH]c(C2CCCS2)nc2ccccc12. The Balaban J connectivity index is 2.17. The first-order valence-corrected chi connectivity index (χ1v) is 6.50. The fourth-order valence-corrected chi connectivity index (χ4v) is 3.27. The summed E-state index contributed by atoms with van der Waals surface area (Å²) in [5, 5.41) is 1.05. The van der Waals surface area contributed by atoms with Crippen molar-refractivity contribution in [2.24, 2.45) is 0 Å². The minimum absolute atomic E-state index is 0.0203. The molecule has 1 aromatic carbocycles. The van der Waals surface area contributed by atoms with Gasteiger partial charge in [0.25, 0.3) is 5.56 Å². The number of para-hydroxylation sites is 1. The van der Waals surface area contributed by atoms with Gasteiger partial charge in [-0.3, -0.25) is 4.79 Å². The van der Waals surface area contributed by atoms with Crippen molar-refractivity contribution in [2.75, 3.05) is 5.75 Å². The van der Waals surface area contributed by atoms with E-state index in [1.54, 1.807) is 0 Å². The molecule has 1 aromatic heterocycles. The molecule has 2 aromatic rings. The summed E-state index contributed by atoms with van der Waals surface area (Å²) in [5.41, 5.74) is 0.779. The van der Waals surface area contributed by atoms with Crippen LogP contribution >= 0.6 is 11.8 Å². The van der Waals surface area contributed by atoms with Crippen LogP contribution in [0.25, 0.3) is 10.9 Å². The first kappa shape index (κ1) is 9.90. The van der Waals surface area contributed by atoms with Gasteiger partial charge in [0.1, 0.15) is 5.82 Å². The molecule has 0 spiro atoms. The van der Waals surface area contributed by atoms with Crippen molar-refractivity contribution in [2.45, 2.75) is 18.1 Å². The second-order valence-corrected chi connectivity index (χ2v) is 5.28. The normalized spacial score (nSPS) is 20.4. The van der Waals surface area contributed by atoms with Gasteiger partial charge in [0.2, 0.25) is 0 Å². The number of benzene rings is 1. The Morgan fingerprint density at radius 3 is 3.06 bits per heavy atom. The van der Waals surface area contributed by atoms with Gasteiger partial charge in [-0.2, -0.15) is 11.8 Å². The summed E-state index contributed by atoms with van der Waals surface area (Å²) in [6.45, 7) is 0. The Hall–Kier alpha value is -1.29. The van der Waals surface area contributed by atoms with Gasteiger partial charge in [-0.1, -0.05) is 12.1 Å². The summed E-state index contributed by atoms with van der Waals surface area (Å²) in [4.78, 5) is 19.3. The van der Waals surface area contributed by atoms with Gasteiger partial charge in [-0.05, 0) is 30.7 Å². The van der Waals surface area contributed by atoms with Crippen molar-refractivity contribution in [3.05, 3.63) is 40.4 Å². The Morgan fingerprint density at radius 1 is 1.38 bits per heavy atom. The summed E-state index contributed by atoms with van der Waals surface area (Å²) in [6.07, 6.45) is 2.33. The Bertz CT molecular complexity index is 572. The van der Waals surface area contributed by atoms with Crippen LogP contribution in [0.1, 0.15) is 23.9 Å². The lowest BCUT2D eigenvalue weighted by atomic mass is 10.2. The molecule has 0 aliphatic carbocycles. The average molecular weight is 232 g/mol. The standard InChI is InChI=1S/C12H12N2OS/c15-12-8-4-1-2-5-9(8)13-11(14-12)10-6-3-7-16-10/h1-2,4-5,10H,3,6-7H2,(H,13,14,15). The molecule has 3 rings (SSSR count). The van der Waals surface area contributed by atoms with Crippen LogP contribution in [-0.2, 0) is 0 Å². The monoisotopic (exact) mass is 232 g/mol. The number of hydrogen-bond acceptors (Lipinski definition) is 3. The summed E-state index contributed by atoms with van der Waals surface area (Å²) >= 11 is 1.88. The Kier molecular flexibility index (Phi) is 2.44. The molecule has 3 nitrogen and oxygen atoms in total.